The molecule has 0 aliphatic rings. The first-order valence-electron chi connectivity index (χ1n) is 8.58. The third kappa shape index (κ3) is 4.45. The van der Waals surface area contributed by atoms with Gasteiger partial charge in [0.15, 0.2) is 0 Å². The van der Waals surface area contributed by atoms with Gasteiger partial charge in [-0.05, 0) is 43.2 Å². The number of hydrogen-bond acceptors (Lipinski definition) is 3. The number of aliphatic carboxylic acids is 1. The van der Waals surface area contributed by atoms with E-state index in [-0.39, 0.29) is 40.6 Å². The van der Waals surface area contributed by atoms with Crippen molar-refractivity contribution in [1.29, 1.82) is 0 Å². The average molecular weight is 403 g/mol. The van der Waals surface area contributed by atoms with E-state index in [0.29, 0.717) is 5.56 Å². The number of carboxylic acids is 1. The predicted molar refractivity (Wildman–Crippen MR) is 101 cm³/mol. The van der Waals surface area contributed by atoms with E-state index in [1.54, 1.807) is 0 Å². The summed E-state index contributed by atoms with van der Waals surface area (Å²) >= 11 is 0. The fourth-order valence-corrected chi connectivity index (χ4v) is 2.85. The van der Waals surface area contributed by atoms with E-state index in [9.17, 15) is 22.8 Å². The summed E-state index contributed by atoms with van der Waals surface area (Å²) in [5, 5.41) is 17.1. The maximum Gasteiger partial charge on any atom is 0.303 e. The first-order valence-corrected chi connectivity index (χ1v) is 8.58. The number of amides is 1. The standard InChI is InChI=1S/C20H16F3N3O3/c1-10-14(21)5-2-11(4-7-18(28)29)19(10)24-17(27)6-3-12-8-16-13(9-15(12)22)20(23)26-25-16/h2-3,5-6,8-9H,4,7H2,1H3,(H,24,27)(H,25,26)(H,28,29)/b6-3+. The number of halogens is 3. The van der Waals surface area contributed by atoms with E-state index in [1.165, 1.54) is 31.2 Å². The number of carbonyl (C=O) groups excluding carboxylic acids is 1. The van der Waals surface area contributed by atoms with Crippen LogP contribution in [0.3, 0.4) is 0 Å². The van der Waals surface area contributed by atoms with Gasteiger partial charge in [-0.15, -0.1) is 5.10 Å². The maximum absolute atomic E-state index is 14.1. The Hall–Kier alpha value is -3.62. The Labute approximate surface area is 163 Å². The molecule has 29 heavy (non-hydrogen) atoms. The number of hydrogen-bond donors (Lipinski definition) is 3. The van der Waals surface area contributed by atoms with Gasteiger partial charge >= 0.3 is 5.97 Å². The van der Waals surface area contributed by atoms with E-state index in [0.717, 1.165) is 12.1 Å². The predicted octanol–water partition coefficient (Wildman–Crippen LogP) is 3.96. The fraction of sp³-hybridized carbons (Fsp3) is 0.150. The summed E-state index contributed by atoms with van der Waals surface area (Å²) in [5.74, 6) is -3.81. The number of aromatic nitrogens is 2. The molecule has 0 unspecified atom stereocenters. The zero-order valence-electron chi connectivity index (χ0n) is 15.2. The number of H-pyrrole nitrogens is 1. The van der Waals surface area contributed by atoms with E-state index in [1.807, 2.05) is 0 Å². The normalized spacial score (nSPS) is 11.3. The minimum atomic E-state index is -1.02. The fourth-order valence-electron chi connectivity index (χ4n) is 2.85. The van der Waals surface area contributed by atoms with Crippen molar-refractivity contribution in [3.05, 3.63) is 64.6 Å². The highest BCUT2D eigenvalue weighted by molar-refractivity contribution is 6.03. The van der Waals surface area contributed by atoms with Crippen molar-refractivity contribution in [2.24, 2.45) is 0 Å². The van der Waals surface area contributed by atoms with E-state index >= 15 is 0 Å². The molecule has 0 saturated carbocycles. The smallest absolute Gasteiger partial charge is 0.303 e. The Bertz CT molecular complexity index is 1140. The minimum absolute atomic E-state index is 0.0115. The van der Waals surface area contributed by atoms with Crippen molar-refractivity contribution in [1.82, 2.24) is 10.2 Å². The van der Waals surface area contributed by atoms with E-state index < -0.39 is 29.5 Å². The molecular formula is C20H16F3N3O3. The third-order valence-electron chi connectivity index (χ3n) is 4.39. The first-order chi connectivity index (χ1) is 13.8. The average Bonchev–Trinajstić information content (AvgIpc) is 3.02. The largest absolute Gasteiger partial charge is 0.481 e. The quantitative estimate of drug-likeness (QED) is 0.543. The lowest BCUT2D eigenvalue weighted by molar-refractivity contribution is -0.136. The van der Waals surface area contributed by atoms with Crippen LogP contribution in [-0.4, -0.2) is 27.2 Å². The van der Waals surface area contributed by atoms with Gasteiger partial charge in [-0.2, -0.15) is 4.39 Å². The van der Waals surface area contributed by atoms with Crippen LogP contribution in [0.2, 0.25) is 0 Å². The van der Waals surface area contributed by atoms with Crippen molar-refractivity contribution in [3.8, 4) is 0 Å². The van der Waals surface area contributed by atoms with Gasteiger partial charge in [0.1, 0.15) is 11.6 Å². The lowest BCUT2D eigenvalue weighted by Crippen LogP contribution is -2.13. The number of benzene rings is 2. The number of aromatic amines is 1. The molecule has 2 aromatic carbocycles. The summed E-state index contributed by atoms with van der Waals surface area (Å²) < 4.78 is 41.4. The van der Waals surface area contributed by atoms with Gasteiger partial charge < -0.3 is 10.4 Å². The number of nitrogens with one attached hydrogen (secondary N) is 2. The molecule has 150 valence electrons. The van der Waals surface area contributed by atoms with Crippen LogP contribution in [0.4, 0.5) is 18.9 Å². The highest BCUT2D eigenvalue weighted by atomic mass is 19.1. The number of anilines is 1. The molecule has 6 nitrogen and oxygen atoms in total. The van der Waals surface area contributed by atoms with Crippen molar-refractivity contribution in [2.45, 2.75) is 19.8 Å². The molecule has 1 aromatic heterocycles. The van der Waals surface area contributed by atoms with Crippen LogP contribution in [-0.2, 0) is 16.0 Å². The van der Waals surface area contributed by atoms with Gasteiger partial charge in [0.05, 0.1) is 16.6 Å². The molecule has 1 heterocycles. The number of nitrogens with zero attached hydrogens (tertiary/aromatic N) is 1. The Morgan fingerprint density at radius 3 is 2.69 bits per heavy atom. The number of carbonyl (C=O) groups is 2. The van der Waals surface area contributed by atoms with Gasteiger partial charge in [-0.1, -0.05) is 6.07 Å². The topological polar surface area (TPSA) is 95.1 Å². The van der Waals surface area contributed by atoms with Crippen LogP contribution in [0.5, 0.6) is 0 Å². The van der Waals surface area contributed by atoms with Gasteiger partial charge in [0, 0.05) is 23.6 Å². The SMILES string of the molecule is Cc1c(F)ccc(CCC(=O)O)c1NC(=O)/C=C/c1cc2[nH]nc(F)c2cc1F. The van der Waals surface area contributed by atoms with Crippen molar-refractivity contribution in [3.63, 3.8) is 0 Å². The molecule has 3 rings (SSSR count). The van der Waals surface area contributed by atoms with Crippen LogP contribution in [0.15, 0.2) is 30.3 Å². The van der Waals surface area contributed by atoms with Crippen LogP contribution in [0.25, 0.3) is 17.0 Å². The van der Waals surface area contributed by atoms with Gasteiger partial charge in [-0.25, -0.2) is 8.78 Å². The van der Waals surface area contributed by atoms with Crippen molar-refractivity contribution >= 4 is 34.5 Å². The second-order valence-corrected chi connectivity index (χ2v) is 6.36. The van der Waals surface area contributed by atoms with Crippen LogP contribution in [0, 0.1) is 24.5 Å². The zero-order chi connectivity index (χ0) is 21.1. The van der Waals surface area contributed by atoms with Gasteiger partial charge in [-0.3, -0.25) is 14.7 Å². The summed E-state index contributed by atoms with van der Waals surface area (Å²) in [4.78, 5) is 23.1. The summed E-state index contributed by atoms with van der Waals surface area (Å²) in [6.45, 7) is 1.46. The minimum Gasteiger partial charge on any atom is -0.481 e. The number of carboxylic acid groups (broad SMARTS) is 1. The molecule has 3 aromatic rings. The number of aryl methyl sites for hydroxylation is 1. The summed E-state index contributed by atoms with van der Waals surface area (Å²) in [7, 11) is 0. The summed E-state index contributed by atoms with van der Waals surface area (Å²) in [5.41, 5.74) is 1.09. The molecule has 0 spiro atoms. The first kappa shape index (κ1) is 20.1. The van der Waals surface area contributed by atoms with Crippen LogP contribution < -0.4 is 5.32 Å². The monoisotopic (exact) mass is 403 g/mol. The number of rotatable bonds is 6. The highest BCUT2D eigenvalue weighted by Crippen LogP contribution is 2.25. The Balaban J connectivity index is 1.83. The van der Waals surface area contributed by atoms with Crippen molar-refractivity contribution < 1.29 is 27.9 Å². The van der Waals surface area contributed by atoms with Crippen LogP contribution in [0.1, 0.15) is 23.1 Å². The lowest BCUT2D eigenvalue weighted by atomic mass is 10.0. The Kier molecular flexibility index (Phi) is 5.67. The summed E-state index contributed by atoms with van der Waals surface area (Å²) in [6.07, 6.45) is 2.15. The molecule has 0 bridgehead atoms. The molecule has 0 aliphatic heterocycles. The van der Waals surface area contributed by atoms with E-state index in [4.69, 9.17) is 5.11 Å². The van der Waals surface area contributed by atoms with E-state index in [2.05, 4.69) is 15.5 Å². The van der Waals surface area contributed by atoms with Crippen LogP contribution >= 0.6 is 0 Å². The molecule has 0 atom stereocenters. The van der Waals surface area contributed by atoms with Gasteiger partial charge in [0.25, 0.3) is 0 Å². The molecule has 0 saturated heterocycles. The second kappa shape index (κ2) is 8.17. The van der Waals surface area contributed by atoms with Crippen molar-refractivity contribution in [2.75, 3.05) is 5.32 Å². The Morgan fingerprint density at radius 1 is 1.21 bits per heavy atom. The van der Waals surface area contributed by atoms with Gasteiger partial charge in [0.2, 0.25) is 11.9 Å². The Morgan fingerprint density at radius 2 is 1.97 bits per heavy atom. The third-order valence-corrected chi connectivity index (χ3v) is 4.39. The number of fused-ring (bicyclic) bond motifs is 1. The lowest BCUT2D eigenvalue weighted by Gasteiger charge is -2.13. The highest BCUT2D eigenvalue weighted by Gasteiger charge is 2.14. The maximum atomic E-state index is 14.1. The summed E-state index contributed by atoms with van der Waals surface area (Å²) in [6, 6.07) is 4.87. The second-order valence-electron chi connectivity index (χ2n) is 6.36. The molecule has 9 heteroatoms. The molecular weight excluding hydrogens is 387 g/mol. The zero-order valence-corrected chi connectivity index (χ0v) is 15.2. The molecule has 3 N–H and O–H groups in total. The molecule has 0 fully saturated rings. The molecule has 0 radical (unpaired) electrons. The molecule has 1 amide bonds. The molecule has 0 aliphatic carbocycles.